The molecule has 0 unspecified atom stereocenters. The van der Waals surface area contributed by atoms with Gasteiger partial charge in [0.1, 0.15) is 11.4 Å². The first-order valence-electron chi connectivity index (χ1n) is 9.32. The van der Waals surface area contributed by atoms with E-state index in [0.29, 0.717) is 35.9 Å². The monoisotopic (exact) mass is 312 g/mol. The van der Waals surface area contributed by atoms with Gasteiger partial charge in [0.05, 0.1) is 0 Å². The summed E-state index contributed by atoms with van der Waals surface area (Å²) >= 11 is 0. The van der Waals surface area contributed by atoms with E-state index >= 15 is 0 Å². The fourth-order valence-electron chi connectivity index (χ4n) is 6.72. The lowest BCUT2D eigenvalue weighted by atomic mass is 9.50. The van der Waals surface area contributed by atoms with Crippen LogP contribution >= 0.6 is 0 Å². The van der Waals surface area contributed by atoms with Crippen molar-refractivity contribution in [3.05, 3.63) is 11.1 Å². The van der Waals surface area contributed by atoms with Gasteiger partial charge in [-0.15, -0.1) is 6.42 Å². The summed E-state index contributed by atoms with van der Waals surface area (Å²) in [6.45, 7) is 4.60. The summed E-state index contributed by atoms with van der Waals surface area (Å²) in [6, 6.07) is 0. The van der Waals surface area contributed by atoms with E-state index < -0.39 is 5.60 Å². The molecule has 0 aromatic rings. The lowest BCUT2D eigenvalue weighted by Crippen LogP contribution is -2.52. The first-order valence-corrected chi connectivity index (χ1v) is 9.32. The van der Waals surface area contributed by atoms with Crippen molar-refractivity contribution in [3.63, 3.8) is 0 Å². The van der Waals surface area contributed by atoms with Gasteiger partial charge in [0.25, 0.3) is 0 Å². The molecule has 4 aliphatic rings. The zero-order chi connectivity index (χ0) is 16.4. The number of Topliss-reactive ketones (excluding diaryl/α,β-unsaturated/α-hetero) is 1. The Balaban J connectivity index is 1.72. The molecular weight excluding hydrogens is 284 g/mol. The molecule has 4 rings (SSSR count). The molecule has 6 atom stereocenters. The number of allylic oxidation sites excluding steroid dienone is 2. The van der Waals surface area contributed by atoms with Crippen LogP contribution in [0.1, 0.15) is 65.2 Å². The molecular formula is C21H28O2. The van der Waals surface area contributed by atoms with E-state index in [9.17, 15) is 9.90 Å². The molecule has 2 heteroatoms. The molecule has 23 heavy (non-hydrogen) atoms. The van der Waals surface area contributed by atoms with Crippen molar-refractivity contribution in [2.45, 2.75) is 70.8 Å². The summed E-state index contributed by atoms with van der Waals surface area (Å²) in [6.07, 6.45) is 13.2. The van der Waals surface area contributed by atoms with Gasteiger partial charge >= 0.3 is 0 Å². The van der Waals surface area contributed by atoms with Gasteiger partial charge in [0, 0.05) is 18.3 Å². The second kappa shape index (κ2) is 4.96. The summed E-state index contributed by atoms with van der Waals surface area (Å²) in [5.74, 6) is 5.60. The standard InChI is InChI=1S/C21H28O2/c1-4-21(23)10-8-18-19-13(2)11-14-12-15(22)5-6-16(14)17(19)7-9-20(18,21)3/h1,13,17-19,23H,5-12H2,2-3H3/t13-,17+,18-,19+,20-,21-/m1/s1. The lowest BCUT2D eigenvalue weighted by molar-refractivity contribution is -0.119. The van der Waals surface area contributed by atoms with Crippen molar-refractivity contribution in [1.82, 2.24) is 0 Å². The Kier molecular flexibility index (Phi) is 3.34. The van der Waals surface area contributed by atoms with E-state index in [2.05, 4.69) is 19.8 Å². The second-order valence-corrected chi connectivity index (χ2v) is 8.82. The van der Waals surface area contributed by atoms with Gasteiger partial charge in [-0.2, -0.15) is 0 Å². The zero-order valence-corrected chi connectivity index (χ0v) is 14.4. The normalized spacial score (nSPS) is 49.2. The molecule has 0 amide bonds. The minimum Gasteiger partial charge on any atom is -0.377 e. The molecule has 0 aromatic carbocycles. The van der Waals surface area contributed by atoms with Crippen molar-refractivity contribution < 1.29 is 9.90 Å². The number of terminal acetylenes is 1. The summed E-state index contributed by atoms with van der Waals surface area (Å²) < 4.78 is 0. The molecule has 0 aliphatic heterocycles. The van der Waals surface area contributed by atoms with E-state index in [0.717, 1.165) is 44.9 Å². The van der Waals surface area contributed by atoms with Crippen LogP contribution in [0.3, 0.4) is 0 Å². The number of fused-ring (bicyclic) bond motifs is 4. The molecule has 0 aromatic heterocycles. The van der Waals surface area contributed by atoms with E-state index in [1.165, 1.54) is 5.57 Å². The Morgan fingerprint density at radius 1 is 1.26 bits per heavy atom. The van der Waals surface area contributed by atoms with Crippen LogP contribution in [-0.2, 0) is 4.79 Å². The summed E-state index contributed by atoms with van der Waals surface area (Å²) in [4.78, 5) is 11.9. The number of hydrogen-bond acceptors (Lipinski definition) is 2. The Morgan fingerprint density at radius 3 is 2.78 bits per heavy atom. The van der Waals surface area contributed by atoms with Crippen LogP contribution in [0.4, 0.5) is 0 Å². The maximum Gasteiger partial charge on any atom is 0.137 e. The predicted octanol–water partition coefficient (Wildman–Crippen LogP) is 3.88. The van der Waals surface area contributed by atoms with Crippen molar-refractivity contribution in [1.29, 1.82) is 0 Å². The maximum atomic E-state index is 11.9. The van der Waals surface area contributed by atoms with Crippen molar-refractivity contribution in [3.8, 4) is 12.3 Å². The van der Waals surface area contributed by atoms with E-state index in [1.807, 2.05) is 0 Å². The maximum absolute atomic E-state index is 11.9. The van der Waals surface area contributed by atoms with Gasteiger partial charge in [-0.25, -0.2) is 0 Å². The van der Waals surface area contributed by atoms with Crippen molar-refractivity contribution in [2.24, 2.45) is 29.1 Å². The fraction of sp³-hybridized carbons (Fsp3) is 0.762. The Hall–Kier alpha value is -1.07. The predicted molar refractivity (Wildman–Crippen MR) is 90.5 cm³/mol. The van der Waals surface area contributed by atoms with E-state index in [-0.39, 0.29) is 5.41 Å². The highest BCUT2D eigenvalue weighted by Gasteiger charge is 2.62. The Labute approximate surface area is 139 Å². The molecule has 2 fully saturated rings. The molecule has 0 heterocycles. The van der Waals surface area contributed by atoms with Gasteiger partial charge in [0.2, 0.25) is 0 Å². The number of ketones is 1. The zero-order valence-electron chi connectivity index (χ0n) is 14.4. The quantitative estimate of drug-likeness (QED) is 0.544. The first kappa shape index (κ1) is 15.5. The fourth-order valence-corrected chi connectivity index (χ4v) is 6.72. The topological polar surface area (TPSA) is 37.3 Å². The molecule has 2 saturated carbocycles. The number of rotatable bonds is 0. The van der Waals surface area contributed by atoms with Crippen LogP contribution in [0.15, 0.2) is 11.1 Å². The van der Waals surface area contributed by atoms with Gasteiger partial charge < -0.3 is 5.11 Å². The second-order valence-electron chi connectivity index (χ2n) is 8.82. The average Bonchev–Trinajstić information content (AvgIpc) is 2.79. The van der Waals surface area contributed by atoms with Gasteiger partial charge in [0.15, 0.2) is 0 Å². The van der Waals surface area contributed by atoms with E-state index in [4.69, 9.17) is 6.42 Å². The Bertz CT molecular complexity index is 624. The number of carbonyl (C=O) groups excluding carboxylic acids is 1. The average molecular weight is 312 g/mol. The first-order chi connectivity index (χ1) is 10.9. The molecule has 124 valence electrons. The minimum absolute atomic E-state index is 0.125. The van der Waals surface area contributed by atoms with Crippen LogP contribution in [-0.4, -0.2) is 16.5 Å². The van der Waals surface area contributed by atoms with Crippen LogP contribution in [0, 0.1) is 41.4 Å². The highest BCUT2D eigenvalue weighted by molar-refractivity contribution is 5.82. The summed E-state index contributed by atoms with van der Waals surface area (Å²) in [5, 5.41) is 11.0. The molecule has 2 nitrogen and oxygen atoms in total. The Morgan fingerprint density at radius 2 is 2.04 bits per heavy atom. The highest BCUT2D eigenvalue weighted by Crippen LogP contribution is 2.65. The largest absolute Gasteiger partial charge is 0.377 e. The lowest BCUT2D eigenvalue weighted by Gasteiger charge is -2.55. The number of aliphatic hydroxyl groups is 1. The van der Waals surface area contributed by atoms with E-state index in [1.54, 1.807) is 5.57 Å². The third-order valence-corrected chi connectivity index (χ3v) is 7.93. The van der Waals surface area contributed by atoms with Crippen molar-refractivity contribution >= 4 is 5.78 Å². The smallest absolute Gasteiger partial charge is 0.137 e. The highest BCUT2D eigenvalue weighted by atomic mass is 16.3. The molecule has 1 N–H and O–H groups in total. The molecule has 0 bridgehead atoms. The van der Waals surface area contributed by atoms with Crippen LogP contribution < -0.4 is 0 Å². The molecule has 0 saturated heterocycles. The summed E-state index contributed by atoms with van der Waals surface area (Å²) in [7, 11) is 0. The third-order valence-electron chi connectivity index (χ3n) is 7.93. The third kappa shape index (κ3) is 1.96. The van der Waals surface area contributed by atoms with Crippen molar-refractivity contribution in [2.75, 3.05) is 0 Å². The number of hydrogen-bond donors (Lipinski definition) is 1. The minimum atomic E-state index is -0.917. The van der Waals surface area contributed by atoms with Gasteiger partial charge in [-0.1, -0.05) is 30.9 Å². The van der Waals surface area contributed by atoms with Crippen LogP contribution in [0.2, 0.25) is 0 Å². The van der Waals surface area contributed by atoms with Gasteiger partial charge in [-0.05, 0) is 62.2 Å². The molecule has 0 spiro atoms. The van der Waals surface area contributed by atoms with Crippen LogP contribution in [0.25, 0.3) is 0 Å². The summed E-state index contributed by atoms with van der Waals surface area (Å²) in [5.41, 5.74) is 2.04. The number of carbonyl (C=O) groups is 1. The van der Waals surface area contributed by atoms with Gasteiger partial charge in [-0.3, -0.25) is 4.79 Å². The van der Waals surface area contributed by atoms with Crippen LogP contribution in [0.5, 0.6) is 0 Å². The molecule has 4 aliphatic carbocycles. The molecule has 0 radical (unpaired) electrons. The SMILES string of the molecule is C#C[C@@]1(O)CC[C@@H]2[C@H]3[C@H](C)CC4=C(CCC(=O)C4)[C@@H]3CC[C@]21C.